The Morgan fingerprint density at radius 3 is 2.85 bits per heavy atom. The van der Waals surface area contributed by atoms with Crippen LogP contribution in [0.1, 0.15) is 5.56 Å². The molecule has 66 valence electrons. The van der Waals surface area contributed by atoms with Crippen LogP contribution in [0, 0.1) is 0 Å². The van der Waals surface area contributed by atoms with Gasteiger partial charge in [-0.15, -0.1) is 0 Å². The lowest BCUT2D eigenvalue weighted by molar-refractivity contribution is 0.378. The van der Waals surface area contributed by atoms with E-state index in [9.17, 15) is 0 Å². The van der Waals surface area contributed by atoms with E-state index in [-0.39, 0.29) is 0 Å². The number of hydrogen-bond donors (Lipinski definition) is 0. The van der Waals surface area contributed by atoms with E-state index in [2.05, 4.69) is 19.9 Å². The monoisotopic (exact) mass is 174 g/mol. The minimum atomic E-state index is 0.714. The molecule has 1 aromatic heterocycles. The Morgan fingerprint density at radius 1 is 1.31 bits per heavy atom. The Kier molecular flexibility index (Phi) is 2.31. The van der Waals surface area contributed by atoms with E-state index in [0.29, 0.717) is 6.67 Å². The van der Waals surface area contributed by atoms with Gasteiger partial charge >= 0.3 is 0 Å². The van der Waals surface area contributed by atoms with Crippen LogP contribution in [0.5, 0.6) is 0 Å². The lowest BCUT2D eigenvalue weighted by Crippen LogP contribution is -2.19. The number of allylic oxidation sites excluding steroid dienone is 1. The van der Waals surface area contributed by atoms with Crippen LogP contribution in [-0.4, -0.2) is 27.8 Å². The molecule has 1 aliphatic heterocycles. The normalized spacial score (nSPS) is 14.9. The molecular weight excluding hydrogens is 164 g/mol. The third-order valence-corrected chi connectivity index (χ3v) is 1.75. The maximum Gasteiger partial charge on any atom is 0.115 e. The molecule has 0 N–H and O–H groups in total. The summed E-state index contributed by atoms with van der Waals surface area (Å²) in [6.07, 6.45) is 10.9. The SMILES string of the molecule is C1=CN(Cc2cncnc2)CN=C1. The summed E-state index contributed by atoms with van der Waals surface area (Å²) < 4.78 is 0. The Labute approximate surface area is 76.7 Å². The molecule has 0 fully saturated rings. The molecule has 0 aliphatic carbocycles. The van der Waals surface area contributed by atoms with Crippen molar-refractivity contribution >= 4 is 6.21 Å². The van der Waals surface area contributed by atoms with E-state index in [4.69, 9.17) is 0 Å². The van der Waals surface area contributed by atoms with E-state index < -0.39 is 0 Å². The van der Waals surface area contributed by atoms with Crippen molar-refractivity contribution in [2.75, 3.05) is 6.67 Å². The highest BCUT2D eigenvalue weighted by Gasteiger charge is 2.01. The molecule has 4 heteroatoms. The smallest absolute Gasteiger partial charge is 0.115 e. The van der Waals surface area contributed by atoms with Gasteiger partial charge in [0, 0.05) is 36.9 Å². The summed E-state index contributed by atoms with van der Waals surface area (Å²) in [5, 5.41) is 0. The Morgan fingerprint density at radius 2 is 2.15 bits per heavy atom. The van der Waals surface area contributed by atoms with Gasteiger partial charge < -0.3 is 4.90 Å². The predicted molar refractivity (Wildman–Crippen MR) is 50.1 cm³/mol. The third-order valence-electron chi connectivity index (χ3n) is 1.75. The number of nitrogens with zero attached hydrogens (tertiary/aromatic N) is 4. The first-order valence-corrected chi connectivity index (χ1v) is 4.10. The fourth-order valence-electron chi connectivity index (χ4n) is 1.17. The average molecular weight is 174 g/mol. The minimum absolute atomic E-state index is 0.714. The van der Waals surface area contributed by atoms with Gasteiger partial charge in [-0.3, -0.25) is 4.99 Å². The number of rotatable bonds is 2. The van der Waals surface area contributed by atoms with Crippen molar-refractivity contribution in [3.63, 3.8) is 0 Å². The molecule has 1 aromatic rings. The second-order valence-electron chi connectivity index (χ2n) is 2.81. The predicted octanol–water partition coefficient (Wildman–Crippen LogP) is 0.834. The molecule has 2 rings (SSSR count). The number of aromatic nitrogens is 2. The largest absolute Gasteiger partial charge is 0.354 e. The van der Waals surface area contributed by atoms with Gasteiger partial charge in [-0.05, 0) is 6.08 Å². The van der Waals surface area contributed by atoms with Gasteiger partial charge in [-0.25, -0.2) is 9.97 Å². The van der Waals surface area contributed by atoms with Crippen LogP contribution in [0.2, 0.25) is 0 Å². The lowest BCUT2D eigenvalue weighted by Gasteiger charge is -2.18. The zero-order valence-electron chi connectivity index (χ0n) is 7.17. The Hall–Kier alpha value is -1.71. The molecule has 0 bridgehead atoms. The van der Waals surface area contributed by atoms with Gasteiger partial charge in [0.1, 0.15) is 13.0 Å². The van der Waals surface area contributed by atoms with Crippen LogP contribution in [0.3, 0.4) is 0 Å². The third kappa shape index (κ3) is 2.11. The molecule has 0 unspecified atom stereocenters. The van der Waals surface area contributed by atoms with Gasteiger partial charge in [0.05, 0.1) is 0 Å². The fourth-order valence-corrected chi connectivity index (χ4v) is 1.17. The summed E-state index contributed by atoms with van der Waals surface area (Å²) >= 11 is 0. The molecule has 0 atom stereocenters. The first kappa shape index (κ1) is 7.91. The highest BCUT2D eigenvalue weighted by atomic mass is 15.2. The molecule has 0 aromatic carbocycles. The van der Waals surface area contributed by atoms with Crippen LogP contribution in [-0.2, 0) is 6.54 Å². The maximum absolute atomic E-state index is 4.13. The van der Waals surface area contributed by atoms with Crippen molar-refractivity contribution in [1.29, 1.82) is 0 Å². The second-order valence-corrected chi connectivity index (χ2v) is 2.81. The van der Waals surface area contributed by atoms with Gasteiger partial charge in [0.15, 0.2) is 0 Å². The van der Waals surface area contributed by atoms with Gasteiger partial charge in [0.25, 0.3) is 0 Å². The molecule has 13 heavy (non-hydrogen) atoms. The van der Waals surface area contributed by atoms with E-state index in [0.717, 1.165) is 12.1 Å². The van der Waals surface area contributed by atoms with Crippen LogP contribution in [0.25, 0.3) is 0 Å². The second kappa shape index (κ2) is 3.80. The van der Waals surface area contributed by atoms with Crippen molar-refractivity contribution in [1.82, 2.24) is 14.9 Å². The molecule has 0 saturated carbocycles. The molecule has 1 aliphatic rings. The van der Waals surface area contributed by atoms with Gasteiger partial charge in [-0.1, -0.05) is 0 Å². The molecule has 2 heterocycles. The molecule has 0 spiro atoms. The molecular formula is C9H10N4. The van der Waals surface area contributed by atoms with Crippen molar-refractivity contribution < 1.29 is 0 Å². The van der Waals surface area contributed by atoms with Gasteiger partial charge in [-0.2, -0.15) is 0 Å². The zero-order chi connectivity index (χ0) is 8.93. The summed E-state index contributed by atoms with van der Waals surface area (Å²) in [4.78, 5) is 14.1. The van der Waals surface area contributed by atoms with E-state index >= 15 is 0 Å². The fraction of sp³-hybridized carbons (Fsp3) is 0.222. The van der Waals surface area contributed by atoms with Crippen LogP contribution in [0.15, 0.2) is 36.0 Å². The first-order valence-electron chi connectivity index (χ1n) is 4.10. The molecule has 0 amide bonds. The van der Waals surface area contributed by atoms with Gasteiger partial charge in [0.2, 0.25) is 0 Å². The number of hydrogen-bond acceptors (Lipinski definition) is 4. The van der Waals surface area contributed by atoms with Crippen LogP contribution < -0.4 is 0 Å². The summed E-state index contributed by atoms with van der Waals surface area (Å²) in [6.45, 7) is 1.53. The summed E-state index contributed by atoms with van der Waals surface area (Å²) in [7, 11) is 0. The quantitative estimate of drug-likeness (QED) is 0.667. The topological polar surface area (TPSA) is 41.4 Å². The average Bonchev–Trinajstić information content (AvgIpc) is 2.21. The molecule has 0 radical (unpaired) electrons. The van der Waals surface area contributed by atoms with Crippen molar-refractivity contribution in [3.8, 4) is 0 Å². The molecule has 0 saturated heterocycles. The van der Waals surface area contributed by atoms with Crippen LogP contribution in [0.4, 0.5) is 0 Å². The first-order chi connectivity index (χ1) is 6.45. The highest BCUT2D eigenvalue weighted by molar-refractivity contribution is 5.71. The summed E-state index contributed by atoms with van der Waals surface area (Å²) in [5.41, 5.74) is 1.10. The van der Waals surface area contributed by atoms with Crippen molar-refractivity contribution in [2.24, 2.45) is 4.99 Å². The van der Waals surface area contributed by atoms with Crippen molar-refractivity contribution in [3.05, 3.63) is 36.6 Å². The highest BCUT2D eigenvalue weighted by Crippen LogP contribution is 2.03. The zero-order valence-corrected chi connectivity index (χ0v) is 7.17. The van der Waals surface area contributed by atoms with Crippen molar-refractivity contribution in [2.45, 2.75) is 6.54 Å². The van der Waals surface area contributed by atoms with E-state index in [1.54, 1.807) is 6.21 Å². The van der Waals surface area contributed by atoms with E-state index in [1.807, 2.05) is 24.7 Å². The van der Waals surface area contributed by atoms with E-state index in [1.165, 1.54) is 6.33 Å². The standard InChI is InChI=1S/C9H10N4/c1-2-10-8-13(3-1)6-9-4-11-7-12-5-9/h1-5,7H,6,8H2. The minimum Gasteiger partial charge on any atom is -0.354 e. The summed E-state index contributed by atoms with van der Waals surface area (Å²) in [5.74, 6) is 0. The Balaban J connectivity index is 1.99. The van der Waals surface area contributed by atoms with Crippen LogP contribution >= 0.6 is 0 Å². The summed E-state index contributed by atoms with van der Waals surface area (Å²) in [6, 6.07) is 0. The lowest BCUT2D eigenvalue weighted by atomic mass is 10.3. The number of aliphatic imine (C=N–C) groups is 1. The Bertz CT molecular complexity index is 318. The maximum atomic E-state index is 4.13. The molecule has 4 nitrogen and oxygen atoms in total.